The molecular weight excluding hydrogens is 246 g/mol. The molecule has 0 saturated carbocycles. The van der Waals surface area contributed by atoms with Gasteiger partial charge in [-0.05, 0) is 43.0 Å². The SMILES string of the molecule is CCCOc1ccc(C)cc1NCCc1ccccc1. The van der Waals surface area contributed by atoms with Gasteiger partial charge in [-0.3, -0.25) is 0 Å². The Balaban J connectivity index is 1.95. The van der Waals surface area contributed by atoms with E-state index in [0.717, 1.165) is 37.4 Å². The van der Waals surface area contributed by atoms with Gasteiger partial charge >= 0.3 is 0 Å². The zero-order valence-corrected chi connectivity index (χ0v) is 12.4. The van der Waals surface area contributed by atoms with Crippen LogP contribution in [0.15, 0.2) is 48.5 Å². The maximum atomic E-state index is 5.78. The predicted molar refractivity (Wildman–Crippen MR) is 85.6 cm³/mol. The molecule has 0 saturated heterocycles. The Labute approximate surface area is 121 Å². The van der Waals surface area contributed by atoms with Gasteiger partial charge in [-0.2, -0.15) is 0 Å². The van der Waals surface area contributed by atoms with Crippen LogP contribution in [-0.4, -0.2) is 13.2 Å². The van der Waals surface area contributed by atoms with Crippen molar-refractivity contribution in [2.75, 3.05) is 18.5 Å². The summed E-state index contributed by atoms with van der Waals surface area (Å²) < 4.78 is 5.78. The predicted octanol–water partition coefficient (Wildman–Crippen LogP) is 4.44. The molecule has 20 heavy (non-hydrogen) atoms. The molecule has 0 radical (unpaired) electrons. The van der Waals surface area contributed by atoms with Crippen LogP contribution in [0.1, 0.15) is 24.5 Å². The van der Waals surface area contributed by atoms with E-state index in [1.54, 1.807) is 0 Å². The highest BCUT2D eigenvalue weighted by molar-refractivity contribution is 5.58. The molecule has 2 rings (SSSR count). The molecule has 0 bridgehead atoms. The first-order chi connectivity index (χ1) is 9.79. The highest BCUT2D eigenvalue weighted by Crippen LogP contribution is 2.25. The molecule has 0 aliphatic heterocycles. The fourth-order valence-electron chi connectivity index (χ4n) is 2.11. The van der Waals surface area contributed by atoms with Crippen LogP contribution in [0, 0.1) is 6.92 Å². The van der Waals surface area contributed by atoms with Gasteiger partial charge in [-0.25, -0.2) is 0 Å². The zero-order valence-electron chi connectivity index (χ0n) is 12.4. The monoisotopic (exact) mass is 269 g/mol. The summed E-state index contributed by atoms with van der Waals surface area (Å²) >= 11 is 0. The molecule has 2 aromatic carbocycles. The molecule has 0 aromatic heterocycles. The fraction of sp³-hybridized carbons (Fsp3) is 0.333. The first kappa shape index (κ1) is 14.4. The minimum absolute atomic E-state index is 0.760. The first-order valence-corrected chi connectivity index (χ1v) is 7.31. The van der Waals surface area contributed by atoms with Crippen LogP contribution >= 0.6 is 0 Å². The van der Waals surface area contributed by atoms with Crippen molar-refractivity contribution in [2.24, 2.45) is 0 Å². The van der Waals surface area contributed by atoms with Crippen molar-refractivity contribution < 1.29 is 4.74 Å². The summed E-state index contributed by atoms with van der Waals surface area (Å²) in [6, 6.07) is 16.8. The number of nitrogens with one attached hydrogen (secondary N) is 1. The van der Waals surface area contributed by atoms with Crippen LogP contribution in [0.4, 0.5) is 5.69 Å². The van der Waals surface area contributed by atoms with Crippen molar-refractivity contribution in [3.8, 4) is 5.75 Å². The fourth-order valence-corrected chi connectivity index (χ4v) is 2.11. The number of hydrogen-bond acceptors (Lipinski definition) is 2. The number of benzene rings is 2. The highest BCUT2D eigenvalue weighted by atomic mass is 16.5. The van der Waals surface area contributed by atoms with Gasteiger partial charge < -0.3 is 10.1 Å². The lowest BCUT2D eigenvalue weighted by atomic mass is 10.1. The second-order valence-electron chi connectivity index (χ2n) is 5.01. The van der Waals surface area contributed by atoms with Crippen molar-refractivity contribution >= 4 is 5.69 Å². The van der Waals surface area contributed by atoms with Gasteiger partial charge in [0.15, 0.2) is 0 Å². The third kappa shape index (κ3) is 4.30. The van der Waals surface area contributed by atoms with Gasteiger partial charge in [-0.15, -0.1) is 0 Å². The lowest BCUT2D eigenvalue weighted by Gasteiger charge is -2.13. The third-order valence-electron chi connectivity index (χ3n) is 3.17. The molecule has 0 unspecified atom stereocenters. The molecule has 2 aromatic rings. The van der Waals surface area contributed by atoms with Crippen LogP contribution < -0.4 is 10.1 Å². The molecule has 0 spiro atoms. The van der Waals surface area contributed by atoms with Crippen molar-refractivity contribution in [1.82, 2.24) is 0 Å². The minimum atomic E-state index is 0.760. The van der Waals surface area contributed by atoms with Crippen LogP contribution in [0.25, 0.3) is 0 Å². The second-order valence-corrected chi connectivity index (χ2v) is 5.01. The van der Waals surface area contributed by atoms with E-state index in [0.29, 0.717) is 0 Å². The summed E-state index contributed by atoms with van der Waals surface area (Å²) in [4.78, 5) is 0. The van der Waals surface area contributed by atoms with Crippen molar-refractivity contribution in [3.63, 3.8) is 0 Å². The standard InChI is InChI=1S/C18H23NO/c1-3-13-20-18-10-9-15(2)14-17(18)19-12-11-16-7-5-4-6-8-16/h4-10,14,19H,3,11-13H2,1-2H3. The molecular formula is C18H23NO. The van der Waals surface area contributed by atoms with E-state index in [1.807, 2.05) is 6.07 Å². The smallest absolute Gasteiger partial charge is 0.142 e. The summed E-state index contributed by atoms with van der Waals surface area (Å²) in [7, 11) is 0. The van der Waals surface area contributed by atoms with Gasteiger partial charge in [0.1, 0.15) is 5.75 Å². The molecule has 0 atom stereocenters. The lowest BCUT2D eigenvalue weighted by molar-refractivity contribution is 0.319. The third-order valence-corrected chi connectivity index (χ3v) is 3.17. The highest BCUT2D eigenvalue weighted by Gasteiger charge is 2.03. The lowest BCUT2D eigenvalue weighted by Crippen LogP contribution is -2.07. The number of ether oxygens (including phenoxy) is 1. The molecule has 2 heteroatoms. The van der Waals surface area contributed by atoms with Crippen molar-refractivity contribution in [2.45, 2.75) is 26.7 Å². The Morgan fingerprint density at radius 2 is 1.85 bits per heavy atom. The zero-order chi connectivity index (χ0) is 14.2. The number of anilines is 1. The summed E-state index contributed by atoms with van der Waals surface area (Å²) in [6.07, 6.45) is 2.04. The first-order valence-electron chi connectivity index (χ1n) is 7.31. The Morgan fingerprint density at radius 3 is 2.60 bits per heavy atom. The van der Waals surface area contributed by atoms with Crippen LogP contribution in [0.2, 0.25) is 0 Å². The Hall–Kier alpha value is -1.96. The van der Waals surface area contributed by atoms with E-state index in [1.165, 1.54) is 11.1 Å². The summed E-state index contributed by atoms with van der Waals surface area (Å²) in [5.74, 6) is 0.950. The molecule has 0 fully saturated rings. The van der Waals surface area contributed by atoms with E-state index in [4.69, 9.17) is 4.74 Å². The molecule has 106 valence electrons. The number of aryl methyl sites for hydroxylation is 1. The molecule has 0 heterocycles. The van der Waals surface area contributed by atoms with E-state index in [9.17, 15) is 0 Å². The molecule has 0 aliphatic rings. The number of hydrogen-bond donors (Lipinski definition) is 1. The summed E-state index contributed by atoms with van der Waals surface area (Å²) in [5.41, 5.74) is 3.69. The normalized spacial score (nSPS) is 10.3. The van der Waals surface area contributed by atoms with Gasteiger partial charge in [0.05, 0.1) is 12.3 Å². The molecule has 2 nitrogen and oxygen atoms in total. The van der Waals surface area contributed by atoms with Gasteiger partial charge in [0, 0.05) is 6.54 Å². The van der Waals surface area contributed by atoms with E-state index >= 15 is 0 Å². The molecule has 0 amide bonds. The van der Waals surface area contributed by atoms with Crippen LogP contribution in [0.5, 0.6) is 5.75 Å². The van der Waals surface area contributed by atoms with E-state index in [2.05, 4.69) is 61.6 Å². The van der Waals surface area contributed by atoms with Gasteiger partial charge in [0.25, 0.3) is 0 Å². The van der Waals surface area contributed by atoms with E-state index in [-0.39, 0.29) is 0 Å². The Kier molecular flexibility index (Phi) is 5.48. The largest absolute Gasteiger partial charge is 0.491 e. The average molecular weight is 269 g/mol. The average Bonchev–Trinajstić information content (AvgIpc) is 2.47. The van der Waals surface area contributed by atoms with Crippen LogP contribution in [0.3, 0.4) is 0 Å². The second kappa shape index (κ2) is 7.59. The van der Waals surface area contributed by atoms with Gasteiger partial charge in [0.2, 0.25) is 0 Å². The van der Waals surface area contributed by atoms with E-state index < -0.39 is 0 Å². The van der Waals surface area contributed by atoms with Gasteiger partial charge in [-0.1, -0.05) is 43.3 Å². The maximum Gasteiger partial charge on any atom is 0.142 e. The topological polar surface area (TPSA) is 21.3 Å². The van der Waals surface area contributed by atoms with Crippen molar-refractivity contribution in [1.29, 1.82) is 0 Å². The number of rotatable bonds is 7. The Morgan fingerprint density at radius 1 is 1.05 bits per heavy atom. The van der Waals surface area contributed by atoms with Crippen molar-refractivity contribution in [3.05, 3.63) is 59.7 Å². The Bertz CT molecular complexity index is 522. The maximum absolute atomic E-state index is 5.78. The summed E-state index contributed by atoms with van der Waals surface area (Å²) in [5, 5.41) is 3.49. The quantitative estimate of drug-likeness (QED) is 0.802. The minimum Gasteiger partial charge on any atom is -0.491 e. The summed E-state index contributed by atoms with van der Waals surface area (Å²) in [6.45, 7) is 5.90. The van der Waals surface area contributed by atoms with Crippen LogP contribution in [-0.2, 0) is 6.42 Å². The molecule has 1 N–H and O–H groups in total. The molecule has 0 aliphatic carbocycles.